The van der Waals surface area contributed by atoms with Crippen molar-refractivity contribution < 1.29 is 13.2 Å². The molecule has 17 heavy (non-hydrogen) atoms. The van der Waals surface area contributed by atoms with Crippen LogP contribution < -0.4 is 0 Å². The first-order valence-corrected chi connectivity index (χ1v) is 5.87. The van der Waals surface area contributed by atoms with Crippen molar-refractivity contribution in [1.29, 1.82) is 0 Å². The zero-order chi connectivity index (χ0) is 12.4. The highest BCUT2D eigenvalue weighted by atomic mass is 19.1. The Morgan fingerprint density at radius 2 is 1.94 bits per heavy atom. The molecule has 0 bridgehead atoms. The van der Waals surface area contributed by atoms with Crippen molar-refractivity contribution in [3.8, 4) is 0 Å². The lowest BCUT2D eigenvalue weighted by Crippen LogP contribution is -2.40. The van der Waals surface area contributed by atoms with Gasteiger partial charge in [0.25, 0.3) is 0 Å². The summed E-state index contributed by atoms with van der Waals surface area (Å²) in [5.74, 6) is -1.13. The van der Waals surface area contributed by atoms with E-state index in [4.69, 9.17) is 0 Å². The molecule has 0 radical (unpaired) electrons. The van der Waals surface area contributed by atoms with Gasteiger partial charge in [0.1, 0.15) is 17.8 Å². The molecule has 94 valence electrons. The molecule has 1 aliphatic rings. The third-order valence-corrected chi connectivity index (χ3v) is 3.33. The van der Waals surface area contributed by atoms with Crippen molar-refractivity contribution in [3.63, 3.8) is 0 Å². The quantitative estimate of drug-likeness (QED) is 0.771. The van der Waals surface area contributed by atoms with Gasteiger partial charge in [0, 0.05) is 31.1 Å². The van der Waals surface area contributed by atoms with E-state index in [9.17, 15) is 13.2 Å². The van der Waals surface area contributed by atoms with Gasteiger partial charge in [-0.3, -0.25) is 4.90 Å². The fourth-order valence-electron chi connectivity index (χ4n) is 2.25. The van der Waals surface area contributed by atoms with Gasteiger partial charge in [0.2, 0.25) is 0 Å². The van der Waals surface area contributed by atoms with E-state index in [1.807, 2.05) is 11.8 Å². The molecule has 1 saturated heterocycles. The minimum absolute atomic E-state index is 0.0708. The molecule has 4 heteroatoms. The Balaban J connectivity index is 2.06. The molecule has 1 aromatic carbocycles. The fourth-order valence-corrected chi connectivity index (χ4v) is 2.25. The van der Waals surface area contributed by atoms with E-state index in [0.29, 0.717) is 19.5 Å². The maximum Gasteiger partial charge on any atom is 0.130 e. The Kier molecular flexibility index (Phi) is 3.72. The molecule has 1 nitrogen and oxygen atoms in total. The van der Waals surface area contributed by atoms with Gasteiger partial charge in [-0.2, -0.15) is 0 Å². The molecule has 2 unspecified atom stereocenters. The van der Waals surface area contributed by atoms with Gasteiger partial charge in [-0.15, -0.1) is 0 Å². The maximum atomic E-state index is 13.4. The number of rotatable bonds is 2. The summed E-state index contributed by atoms with van der Waals surface area (Å²) in [4.78, 5) is 1.90. The Labute approximate surface area is 99.2 Å². The number of benzene rings is 1. The smallest absolute Gasteiger partial charge is 0.130 e. The maximum absolute atomic E-state index is 13.4. The Morgan fingerprint density at radius 1 is 1.29 bits per heavy atom. The molecule has 1 aliphatic heterocycles. The van der Waals surface area contributed by atoms with Crippen LogP contribution in [0.5, 0.6) is 0 Å². The fraction of sp³-hybridized carbons (Fsp3) is 0.538. The SMILES string of the molecule is CC1CN(Cc2c(F)cccc2F)CCC1F. The Bertz CT molecular complexity index is 374. The summed E-state index contributed by atoms with van der Waals surface area (Å²) in [6, 6.07) is 3.86. The molecule has 2 atom stereocenters. The van der Waals surface area contributed by atoms with Crippen LogP contribution >= 0.6 is 0 Å². The van der Waals surface area contributed by atoms with Crippen molar-refractivity contribution in [2.75, 3.05) is 13.1 Å². The molecule has 0 N–H and O–H groups in total. The molecule has 0 amide bonds. The third kappa shape index (κ3) is 2.80. The molecule has 1 heterocycles. The zero-order valence-electron chi connectivity index (χ0n) is 9.80. The van der Waals surface area contributed by atoms with Gasteiger partial charge in [-0.1, -0.05) is 13.0 Å². The summed E-state index contributed by atoms with van der Waals surface area (Å²) >= 11 is 0. The lowest BCUT2D eigenvalue weighted by atomic mass is 9.97. The van der Waals surface area contributed by atoms with Gasteiger partial charge < -0.3 is 0 Å². The topological polar surface area (TPSA) is 3.24 Å². The predicted molar refractivity (Wildman–Crippen MR) is 60.3 cm³/mol. The number of alkyl halides is 1. The summed E-state index contributed by atoms with van der Waals surface area (Å²) < 4.78 is 40.2. The number of likely N-dealkylation sites (tertiary alicyclic amines) is 1. The minimum Gasteiger partial charge on any atom is -0.298 e. The Hall–Kier alpha value is -1.03. The number of hydrogen-bond acceptors (Lipinski definition) is 1. The van der Waals surface area contributed by atoms with E-state index in [0.717, 1.165) is 0 Å². The zero-order valence-corrected chi connectivity index (χ0v) is 9.80. The second kappa shape index (κ2) is 5.08. The molecule has 0 aliphatic carbocycles. The molecular weight excluding hydrogens is 227 g/mol. The average molecular weight is 243 g/mol. The van der Waals surface area contributed by atoms with Crippen LogP contribution in [0.25, 0.3) is 0 Å². The lowest BCUT2D eigenvalue weighted by Gasteiger charge is -2.33. The number of nitrogens with zero attached hydrogens (tertiary/aromatic N) is 1. The minimum atomic E-state index is -0.795. The first-order chi connectivity index (χ1) is 8.08. The van der Waals surface area contributed by atoms with Crippen molar-refractivity contribution in [1.82, 2.24) is 4.90 Å². The van der Waals surface area contributed by atoms with Crippen LogP contribution in [0.15, 0.2) is 18.2 Å². The summed E-state index contributed by atoms with van der Waals surface area (Å²) in [5, 5.41) is 0. The molecule has 0 aromatic heterocycles. The van der Waals surface area contributed by atoms with Gasteiger partial charge in [0.05, 0.1) is 0 Å². The summed E-state index contributed by atoms with van der Waals surface area (Å²) in [5.41, 5.74) is 0.0806. The van der Waals surface area contributed by atoms with Gasteiger partial charge in [-0.05, 0) is 18.6 Å². The normalized spacial score (nSPS) is 26.1. The van der Waals surface area contributed by atoms with Gasteiger partial charge in [0.15, 0.2) is 0 Å². The molecule has 1 fully saturated rings. The van der Waals surface area contributed by atoms with Crippen LogP contribution in [0.4, 0.5) is 13.2 Å². The summed E-state index contributed by atoms with van der Waals surface area (Å²) in [7, 11) is 0. The van der Waals surface area contributed by atoms with Crippen LogP contribution in [-0.2, 0) is 6.54 Å². The number of hydrogen-bond donors (Lipinski definition) is 0. The van der Waals surface area contributed by atoms with Crippen molar-refractivity contribution in [3.05, 3.63) is 35.4 Å². The van der Waals surface area contributed by atoms with E-state index in [1.54, 1.807) is 0 Å². The van der Waals surface area contributed by atoms with Crippen LogP contribution in [-0.4, -0.2) is 24.2 Å². The molecule has 1 aromatic rings. The first kappa shape index (κ1) is 12.4. The van der Waals surface area contributed by atoms with Crippen LogP contribution in [0.3, 0.4) is 0 Å². The summed E-state index contributed by atoms with van der Waals surface area (Å²) in [6.45, 7) is 3.15. The number of piperidine rings is 1. The first-order valence-electron chi connectivity index (χ1n) is 5.87. The van der Waals surface area contributed by atoms with Gasteiger partial charge >= 0.3 is 0 Å². The summed E-state index contributed by atoms with van der Waals surface area (Å²) in [6.07, 6.45) is -0.353. The average Bonchev–Trinajstić information content (AvgIpc) is 2.28. The lowest BCUT2D eigenvalue weighted by molar-refractivity contribution is 0.0911. The van der Waals surface area contributed by atoms with E-state index in [-0.39, 0.29) is 18.0 Å². The van der Waals surface area contributed by atoms with Crippen molar-refractivity contribution in [2.45, 2.75) is 26.1 Å². The molecule has 0 saturated carbocycles. The molecule has 0 spiro atoms. The third-order valence-electron chi connectivity index (χ3n) is 3.33. The van der Waals surface area contributed by atoms with Crippen LogP contribution in [0.1, 0.15) is 18.9 Å². The molecule has 2 rings (SSSR count). The highest BCUT2D eigenvalue weighted by Crippen LogP contribution is 2.22. The van der Waals surface area contributed by atoms with Crippen molar-refractivity contribution >= 4 is 0 Å². The molecular formula is C13H16F3N. The van der Waals surface area contributed by atoms with E-state index >= 15 is 0 Å². The monoisotopic (exact) mass is 243 g/mol. The predicted octanol–water partition coefficient (Wildman–Crippen LogP) is 3.14. The van der Waals surface area contributed by atoms with Crippen LogP contribution in [0.2, 0.25) is 0 Å². The van der Waals surface area contributed by atoms with Gasteiger partial charge in [-0.25, -0.2) is 13.2 Å². The Morgan fingerprint density at radius 3 is 2.53 bits per heavy atom. The van der Waals surface area contributed by atoms with E-state index in [1.165, 1.54) is 18.2 Å². The van der Waals surface area contributed by atoms with Crippen molar-refractivity contribution in [2.24, 2.45) is 5.92 Å². The second-order valence-electron chi connectivity index (χ2n) is 4.72. The highest BCUT2D eigenvalue weighted by Gasteiger charge is 2.26. The largest absolute Gasteiger partial charge is 0.298 e. The van der Waals surface area contributed by atoms with E-state index < -0.39 is 17.8 Å². The second-order valence-corrected chi connectivity index (χ2v) is 4.72. The highest BCUT2D eigenvalue weighted by molar-refractivity contribution is 5.19. The number of halogens is 3. The van der Waals surface area contributed by atoms with Crippen LogP contribution in [0, 0.1) is 17.6 Å². The standard InChI is InChI=1S/C13H16F3N/c1-9-7-17(6-5-11(9)14)8-10-12(15)3-2-4-13(10)16/h2-4,9,11H,5-8H2,1H3. The van der Waals surface area contributed by atoms with E-state index in [2.05, 4.69) is 0 Å².